The van der Waals surface area contributed by atoms with Crippen molar-refractivity contribution in [3.05, 3.63) is 35.4 Å². The molecule has 90 valence electrons. The average Bonchev–Trinajstić information content (AvgIpc) is 2.32. The number of anilines is 1. The topological polar surface area (TPSA) is 23.6 Å². The molecule has 0 bridgehead atoms. The van der Waals surface area contributed by atoms with E-state index in [1.807, 2.05) is 25.2 Å². The van der Waals surface area contributed by atoms with Crippen LogP contribution in [0.3, 0.4) is 0 Å². The van der Waals surface area contributed by atoms with Crippen molar-refractivity contribution in [3.8, 4) is 0 Å². The Labute approximate surface area is 102 Å². The first-order valence-corrected chi connectivity index (χ1v) is 5.78. The number of hydrogen-bond acceptors (Lipinski definition) is 2. The molecule has 3 nitrogen and oxygen atoms in total. The van der Waals surface area contributed by atoms with Crippen molar-refractivity contribution in [2.75, 3.05) is 26.0 Å². The number of amides is 1. The van der Waals surface area contributed by atoms with Gasteiger partial charge in [0.15, 0.2) is 0 Å². The molecular weight excluding hydrogens is 212 g/mol. The molecule has 3 heteroatoms. The van der Waals surface area contributed by atoms with Gasteiger partial charge in [-0.25, -0.2) is 0 Å². The number of carbonyl (C=O) groups excluding carboxylic acids is 1. The van der Waals surface area contributed by atoms with E-state index in [0.717, 1.165) is 16.8 Å². The third-order valence-electron chi connectivity index (χ3n) is 3.22. The maximum absolute atomic E-state index is 12.1. The van der Waals surface area contributed by atoms with E-state index in [0.29, 0.717) is 6.04 Å². The van der Waals surface area contributed by atoms with Gasteiger partial charge in [0.25, 0.3) is 5.91 Å². The van der Waals surface area contributed by atoms with Gasteiger partial charge in [-0.2, -0.15) is 0 Å². The highest BCUT2D eigenvalue weighted by Crippen LogP contribution is 2.31. The van der Waals surface area contributed by atoms with E-state index in [2.05, 4.69) is 24.0 Å². The highest BCUT2D eigenvalue weighted by Gasteiger charge is 2.22. The summed E-state index contributed by atoms with van der Waals surface area (Å²) in [5.74, 6) is 0.0520. The molecule has 1 aliphatic heterocycles. The fourth-order valence-electron chi connectivity index (χ4n) is 2.08. The first-order valence-electron chi connectivity index (χ1n) is 5.78. The van der Waals surface area contributed by atoms with Crippen molar-refractivity contribution in [1.82, 2.24) is 4.90 Å². The lowest BCUT2D eigenvalue weighted by molar-refractivity contribution is 0.0828. The third kappa shape index (κ3) is 1.93. The molecule has 1 heterocycles. The van der Waals surface area contributed by atoms with Gasteiger partial charge in [0.05, 0.1) is 11.3 Å². The Morgan fingerprint density at radius 1 is 1.35 bits per heavy atom. The van der Waals surface area contributed by atoms with Crippen molar-refractivity contribution in [2.45, 2.75) is 13.0 Å². The van der Waals surface area contributed by atoms with Gasteiger partial charge in [-0.15, -0.1) is 0 Å². The second-order valence-corrected chi connectivity index (χ2v) is 4.65. The van der Waals surface area contributed by atoms with Crippen LogP contribution in [0.1, 0.15) is 22.8 Å². The van der Waals surface area contributed by atoms with E-state index >= 15 is 0 Å². The lowest BCUT2D eigenvalue weighted by Gasteiger charge is -2.32. The van der Waals surface area contributed by atoms with Gasteiger partial charge < -0.3 is 9.80 Å². The van der Waals surface area contributed by atoms with Crippen molar-refractivity contribution in [1.29, 1.82) is 0 Å². The minimum atomic E-state index is 0.0520. The fourth-order valence-corrected chi connectivity index (χ4v) is 2.08. The summed E-state index contributed by atoms with van der Waals surface area (Å²) in [6.45, 7) is 2.12. The first kappa shape index (κ1) is 11.7. The van der Waals surface area contributed by atoms with Gasteiger partial charge in [0.2, 0.25) is 0 Å². The quantitative estimate of drug-likeness (QED) is 0.738. The summed E-state index contributed by atoms with van der Waals surface area (Å²) >= 11 is 0. The Bertz CT molecular complexity index is 477. The molecule has 0 saturated carbocycles. The van der Waals surface area contributed by atoms with E-state index in [4.69, 9.17) is 0 Å². The molecule has 17 heavy (non-hydrogen) atoms. The second-order valence-electron chi connectivity index (χ2n) is 4.65. The van der Waals surface area contributed by atoms with E-state index in [9.17, 15) is 4.79 Å². The highest BCUT2D eigenvalue weighted by molar-refractivity contribution is 6.01. The van der Waals surface area contributed by atoms with Crippen LogP contribution in [0.5, 0.6) is 0 Å². The molecule has 0 aliphatic carbocycles. The van der Waals surface area contributed by atoms with E-state index in [1.54, 1.807) is 19.0 Å². The summed E-state index contributed by atoms with van der Waals surface area (Å²) in [6, 6.07) is 6.19. The van der Waals surface area contributed by atoms with Gasteiger partial charge in [0.1, 0.15) is 0 Å². The van der Waals surface area contributed by atoms with Crippen LogP contribution in [0, 0.1) is 0 Å². The van der Waals surface area contributed by atoms with Crippen LogP contribution in [-0.4, -0.2) is 38.0 Å². The van der Waals surface area contributed by atoms with E-state index in [1.165, 1.54) is 0 Å². The Kier molecular flexibility index (Phi) is 2.92. The number of fused-ring (bicyclic) bond motifs is 1. The molecule has 1 aromatic carbocycles. The van der Waals surface area contributed by atoms with Gasteiger partial charge in [-0.1, -0.05) is 24.3 Å². The van der Waals surface area contributed by atoms with Gasteiger partial charge in [-0.05, 0) is 18.6 Å². The molecule has 1 unspecified atom stereocenters. The van der Waals surface area contributed by atoms with Crippen molar-refractivity contribution >= 4 is 17.7 Å². The predicted molar refractivity (Wildman–Crippen MR) is 71.4 cm³/mol. The van der Waals surface area contributed by atoms with Crippen LogP contribution < -0.4 is 4.90 Å². The number of rotatable bonds is 1. The number of benzene rings is 1. The minimum Gasteiger partial charge on any atom is -0.367 e. The van der Waals surface area contributed by atoms with Crippen molar-refractivity contribution in [2.24, 2.45) is 0 Å². The van der Waals surface area contributed by atoms with Gasteiger partial charge in [0, 0.05) is 27.2 Å². The Hall–Kier alpha value is -1.77. The summed E-state index contributed by atoms with van der Waals surface area (Å²) in [7, 11) is 5.59. The zero-order chi connectivity index (χ0) is 12.6. The number of nitrogens with zero attached hydrogens (tertiary/aromatic N) is 2. The molecule has 1 amide bonds. The Morgan fingerprint density at radius 2 is 2.06 bits per heavy atom. The number of carbonyl (C=O) groups is 1. The maximum atomic E-state index is 12.1. The standard InChI is InChI=1S/C14H18N2O/c1-10-8-9-11-6-5-7-12(13(11)16(10)4)14(17)15(2)3/h5-10H,1-4H3. The normalized spacial score (nSPS) is 17.9. The largest absolute Gasteiger partial charge is 0.367 e. The molecule has 0 fully saturated rings. The zero-order valence-electron chi connectivity index (χ0n) is 10.8. The smallest absolute Gasteiger partial charge is 0.255 e. The Morgan fingerprint density at radius 3 is 2.71 bits per heavy atom. The molecule has 0 radical (unpaired) electrons. The number of hydrogen-bond donors (Lipinski definition) is 0. The van der Waals surface area contributed by atoms with E-state index < -0.39 is 0 Å². The van der Waals surface area contributed by atoms with Crippen LogP contribution in [0.15, 0.2) is 24.3 Å². The van der Waals surface area contributed by atoms with Crippen LogP contribution in [0.2, 0.25) is 0 Å². The summed E-state index contributed by atoms with van der Waals surface area (Å²) in [5.41, 5.74) is 2.91. The van der Waals surface area contributed by atoms with Gasteiger partial charge in [-0.3, -0.25) is 4.79 Å². The highest BCUT2D eigenvalue weighted by atomic mass is 16.2. The number of likely N-dealkylation sites (N-methyl/N-ethyl adjacent to an activating group) is 1. The van der Waals surface area contributed by atoms with Crippen molar-refractivity contribution < 1.29 is 4.79 Å². The molecule has 1 aromatic rings. The molecule has 0 N–H and O–H groups in total. The molecule has 0 aromatic heterocycles. The summed E-state index contributed by atoms with van der Waals surface area (Å²) in [6.07, 6.45) is 4.23. The molecule has 1 aliphatic rings. The average molecular weight is 230 g/mol. The molecule has 0 saturated heterocycles. The molecular formula is C14H18N2O. The summed E-state index contributed by atoms with van der Waals surface area (Å²) in [5, 5.41) is 0. The zero-order valence-corrected chi connectivity index (χ0v) is 10.8. The molecule has 1 atom stereocenters. The maximum Gasteiger partial charge on any atom is 0.255 e. The lowest BCUT2D eigenvalue weighted by atomic mass is 9.99. The number of para-hydroxylation sites is 1. The van der Waals surface area contributed by atoms with Crippen LogP contribution in [-0.2, 0) is 0 Å². The Balaban J connectivity index is 2.57. The lowest BCUT2D eigenvalue weighted by Crippen LogP contribution is -2.33. The summed E-state index contributed by atoms with van der Waals surface area (Å²) < 4.78 is 0. The van der Waals surface area contributed by atoms with Gasteiger partial charge >= 0.3 is 0 Å². The van der Waals surface area contributed by atoms with Crippen LogP contribution in [0.4, 0.5) is 5.69 Å². The third-order valence-corrected chi connectivity index (χ3v) is 3.22. The molecule has 0 spiro atoms. The van der Waals surface area contributed by atoms with Crippen LogP contribution in [0.25, 0.3) is 6.08 Å². The van der Waals surface area contributed by atoms with E-state index in [-0.39, 0.29) is 5.91 Å². The monoisotopic (exact) mass is 230 g/mol. The second kappa shape index (κ2) is 4.24. The minimum absolute atomic E-state index is 0.0520. The van der Waals surface area contributed by atoms with Crippen LogP contribution >= 0.6 is 0 Å². The predicted octanol–water partition coefficient (Wildman–Crippen LogP) is 2.24. The molecule has 2 rings (SSSR count). The SMILES string of the molecule is CC1C=Cc2cccc(C(=O)N(C)C)c2N1C. The van der Waals surface area contributed by atoms with Crippen molar-refractivity contribution in [3.63, 3.8) is 0 Å². The fraction of sp³-hybridized carbons (Fsp3) is 0.357. The summed E-state index contributed by atoms with van der Waals surface area (Å²) in [4.78, 5) is 15.9. The first-order chi connectivity index (χ1) is 8.02.